The predicted octanol–water partition coefficient (Wildman–Crippen LogP) is -0.346. The Labute approximate surface area is 162 Å². The van der Waals surface area contributed by atoms with E-state index in [9.17, 15) is 9.59 Å². The topological polar surface area (TPSA) is 122 Å². The molecule has 0 aromatic heterocycles. The second-order valence-electron chi connectivity index (χ2n) is 5.60. The van der Waals surface area contributed by atoms with Crippen molar-refractivity contribution in [1.82, 2.24) is 26.6 Å². The summed E-state index contributed by atoms with van der Waals surface area (Å²) in [5, 5.41) is 13.9. The fourth-order valence-corrected chi connectivity index (χ4v) is 1.89. The first kappa shape index (κ1) is 25.4. The van der Waals surface area contributed by atoms with E-state index < -0.39 is 0 Å². The molecule has 0 saturated heterocycles. The summed E-state index contributed by atoms with van der Waals surface area (Å²) in [6, 6.07) is -0.418. The summed E-state index contributed by atoms with van der Waals surface area (Å²) in [5.74, 6) is 0. The number of rotatable bonds is 18. The first-order valence-electron chi connectivity index (χ1n) is 9.62. The van der Waals surface area contributed by atoms with Crippen LogP contribution in [0.15, 0.2) is 0 Å². The Morgan fingerprint density at radius 1 is 0.630 bits per heavy atom. The summed E-state index contributed by atoms with van der Waals surface area (Å²) in [4.78, 5) is 23.0. The maximum atomic E-state index is 11.6. The number of ether oxygens (including phenoxy) is 3. The van der Waals surface area contributed by atoms with Gasteiger partial charge in [0.1, 0.15) is 0 Å². The van der Waals surface area contributed by atoms with E-state index in [1.54, 1.807) is 0 Å². The molecule has 27 heavy (non-hydrogen) atoms. The van der Waals surface area contributed by atoms with Gasteiger partial charge in [0.25, 0.3) is 0 Å². The molecule has 0 spiro atoms. The second kappa shape index (κ2) is 20.7. The van der Waals surface area contributed by atoms with E-state index in [1.807, 2.05) is 14.0 Å². The number of unbranched alkanes of at least 4 members (excludes halogenated alkanes) is 1. The van der Waals surface area contributed by atoms with Crippen LogP contribution in [-0.4, -0.2) is 91.5 Å². The summed E-state index contributed by atoms with van der Waals surface area (Å²) in [6.45, 7) is 8.12. The molecule has 0 heterocycles. The Balaban J connectivity index is 3.26. The number of carbonyl (C=O) groups excluding carboxylic acids is 2. The number of nitrogens with one attached hydrogen (secondary N) is 5. The Kier molecular flexibility index (Phi) is 19.4. The third-order valence-electron chi connectivity index (χ3n) is 3.31. The van der Waals surface area contributed by atoms with Crippen molar-refractivity contribution in [3.8, 4) is 0 Å². The van der Waals surface area contributed by atoms with E-state index in [1.165, 1.54) is 0 Å². The number of hydrogen-bond acceptors (Lipinski definition) is 6. The van der Waals surface area contributed by atoms with Crippen LogP contribution in [0.4, 0.5) is 9.59 Å². The molecule has 0 bridgehead atoms. The molecule has 0 aliphatic carbocycles. The third kappa shape index (κ3) is 20.5. The molecule has 10 heteroatoms. The van der Waals surface area contributed by atoms with Gasteiger partial charge in [-0.15, -0.1) is 0 Å². The number of urea groups is 2. The van der Waals surface area contributed by atoms with Crippen molar-refractivity contribution in [2.24, 2.45) is 0 Å². The van der Waals surface area contributed by atoms with Crippen molar-refractivity contribution >= 4 is 12.1 Å². The lowest BCUT2D eigenvalue weighted by atomic mass is 10.3. The smallest absolute Gasteiger partial charge is 0.314 e. The lowest BCUT2D eigenvalue weighted by Gasteiger charge is -2.09. The first-order valence-corrected chi connectivity index (χ1v) is 9.62. The monoisotopic (exact) mass is 391 g/mol. The van der Waals surface area contributed by atoms with E-state index in [0.29, 0.717) is 65.8 Å². The average Bonchev–Trinajstić information content (AvgIpc) is 2.66. The molecule has 10 nitrogen and oxygen atoms in total. The second-order valence-corrected chi connectivity index (χ2v) is 5.60. The molecule has 0 rings (SSSR count). The van der Waals surface area contributed by atoms with E-state index in [-0.39, 0.29) is 12.1 Å². The van der Waals surface area contributed by atoms with Gasteiger partial charge < -0.3 is 40.8 Å². The Morgan fingerprint density at radius 3 is 1.56 bits per heavy atom. The lowest BCUT2D eigenvalue weighted by molar-refractivity contribution is 0.0509. The van der Waals surface area contributed by atoms with Crippen molar-refractivity contribution in [2.45, 2.75) is 19.8 Å². The zero-order chi connectivity index (χ0) is 20.0. The Bertz CT molecular complexity index is 361. The molecule has 5 N–H and O–H groups in total. The standard InChI is InChI=1S/C17H37N5O5/c1-3-25-12-9-21-16(23)19-6-4-5-7-20-17(24)22-10-13-27-15-14-26-11-8-18-2/h18H,3-15H2,1-2H3,(H2,19,21,23)(H2,20,22,24). The van der Waals surface area contributed by atoms with Gasteiger partial charge in [0.15, 0.2) is 0 Å². The minimum atomic E-state index is -0.217. The fourth-order valence-electron chi connectivity index (χ4n) is 1.89. The van der Waals surface area contributed by atoms with E-state index in [4.69, 9.17) is 14.2 Å². The fraction of sp³-hybridized carbons (Fsp3) is 0.882. The van der Waals surface area contributed by atoms with Gasteiger partial charge in [-0.05, 0) is 26.8 Å². The maximum absolute atomic E-state index is 11.6. The van der Waals surface area contributed by atoms with Gasteiger partial charge in [0.2, 0.25) is 0 Å². The van der Waals surface area contributed by atoms with Crippen molar-refractivity contribution in [3.63, 3.8) is 0 Å². The summed E-state index contributed by atoms with van der Waals surface area (Å²) in [7, 11) is 1.87. The molecule has 0 atom stereocenters. The highest BCUT2D eigenvalue weighted by atomic mass is 16.5. The Hall–Kier alpha value is -1.62. The van der Waals surface area contributed by atoms with Crippen molar-refractivity contribution in [1.29, 1.82) is 0 Å². The van der Waals surface area contributed by atoms with E-state index >= 15 is 0 Å². The molecule has 0 aromatic rings. The molecule has 0 saturated carbocycles. The van der Waals surface area contributed by atoms with Crippen LogP contribution < -0.4 is 26.6 Å². The minimum Gasteiger partial charge on any atom is -0.380 e. The van der Waals surface area contributed by atoms with Crippen molar-refractivity contribution < 1.29 is 23.8 Å². The maximum Gasteiger partial charge on any atom is 0.314 e. The Morgan fingerprint density at radius 2 is 1.07 bits per heavy atom. The minimum absolute atomic E-state index is 0.201. The van der Waals surface area contributed by atoms with Crippen LogP contribution >= 0.6 is 0 Å². The highest BCUT2D eigenvalue weighted by molar-refractivity contribution is 5.74. The van der Waals surface area contributed by atoms with Crippen LogP contribution in [0.25, 0.3) is 0 Å². The van der Waals surface area contributed by atoms with Crippen LogP contribution in [0.5, 0.6) is 0 Å². The van der Waals surface area contributed by atoms with Crippen LogP contribution in [-0.2, 0) is 14.2 Å². The predicted molar refractivity (Wildman–Crippen MR) is 104 cm³/mol. The molecule has 4 amide bonds. The molecule has 0 unspecified atom stereocenters. The third-order valence-corrected chi connectivity index (χ3v) is 3.31. The van der Waals surface area contributed by atoms with Crippen molar-refractivity contribution in [2.75, 3.05) is 79.4 Å². The first-order chi connectivity index (χ1) is 13.2. The van der Waals surface area contributed by atoms with Gasteiger partial charge in [0, 0.05) is 39.3 Å². The van der Waals surface area contributed by atoms with Crippen LogP contribution in [0, 0.1) is 0 Å². The summed E-state index contributed by atoms with van der Waals surface area (Å²) in [5.41, 5.74) is 0. The van der Waals surface area contributed by atoms with Gasteiger partial charge in [-0.1, -0.05) is 0 Å². The summed E-state index contributed by atoms with van der Waals surface area (Å²) >= 11 is 0. The quantitative estimate of drug-likeness (QED) is 0.204. The molecule has 0 aliphatic rings. The van der Waals surface area contributed by atoms with Gasteiger partial charge in [-0.2, -0.15) is 0 Å². The molecule has 0 aliphatic heterocycles. The highest BCUT2D eigenvalue weighted by Crippen LogP contribution is 1.85. The number of likely N-dealkylation sites (N-methyl/N-ethyl adjacent to an activating group) is 1. The molecule has 0 aromatic carbocycles. The molecular formula is C17H37N5O5. The largest absolute Gasteiger partial charge is 0.380 e. The van der Waals surface area contributed by atoms with Gasteiger partial charge in [-0.25, -0.2) is 9.59 Å². The lowest BCUT2D eigenvalue weighted by Crippen LogP contribution is -2.39. The van der Waals surface area contributed by atoms with Gasteiger partial charge >= 0.3 is 12.1 Å². The van der Waals surface area contributed by atoms with E-state index in [2.05, 4.69) is 26.6 Å². The van der Waals surface area contributed by atoms with Gasteiger partial charge in [0.05, 0.1) is 33.0 Å². The van der Waals surface area contributed by atoms with Gasteiger partial charge in [-0.3, -0.25) is 0 Å². The molecule has 160 valence electrons. The summed E-state index contributed by atoms with van der Waals surface area (Å²) < 4.78 is 15.8. The molecule has 0 fully saturated rings. The normalized spacial score (nSPS) is 10.4. The van der Waals surface area contributed by atoms with E-state index in [0.717, 1.165) is 19.4 Å². The molecule has 0 radical (unpaired) electrons. The van der Waals surface area contributed by atoms with Crippen molar-refractivity contribution in [3.05, 3.63) is 0 Å². The SMILES string of the molecule is CCOCCNC(=O)NCCCCNC(=O)NCCOCCOCCNC. The van der Waals surface area contributed by atoms with Crippen LogP contribution in [0.1, 0.15) is 19.8 Å². The zero-order valence-corrected chi connectivity index (χ0v) is 16.7. The van der Waals surface area contributed by atoms with Crippen LogP contribution in [0.2, 0.25) is 0 Å². The number of carbonyl (C=O) groups is 2. The molecular weight excluding hydrogens is 354 g/mol. The number of amides is 4. The zero-order valence-electron chi connectivity index (χ0n) is 16.7. The average molecular weight is 392 g/mol. The number of hydrogen-bond donors (Lipinski definition) is 5. The van der Waals surface area contributed by atoms with Crippen LogP contribution in [0.3, 0.4) is 0 Å². The highest BCUT2D eigenvalue weighted by Gasteiger charge is 2.00. The summed E-state index contributed by atoms with van der Waals surface area (Å²) in [6.07, 6.45) is 1.57.